The van der Waals surface area contributed by atoms with Crippen LogP contribution in [0.1, 0.15) is 18.9 Å². The number of carbonyl (C=O) groups is 1. The van der Waals surface area contributed by atoms with Gasteiger partial charge in [0.15, 0.2) is 0 Å². The molecule has 40 heavy (non-hydrogen) atoms. The van der Waals surface area contributed by atoms with Crippen LogP contribution in [0.15, 0.2) is 95.9 Å². The summed E-state index contributed by atoms with van der Waals surface area (Å²) in [5, 5.41) is 7.44. The summed E-state index contributed by atoms with van der Waals surface area (Å²) in [4.78, 5) is 30.5. The Kier molecular flexibility index (Phi) is 8.60. The summed E-state index contributed by atoms with van der Waals surface area (Å²) in [5.41, 5.74) is 2.55. The Morgan fingerprint density at radius 1 is 0.875 bits per heavy atom. The molecule has 5 rings (SSSR count). The monoisotopic (exact) mass is 539 g/mol. The van der Waals surface area contributed by atoms with Gasteiger partial charge in [0.1, 0.15) is 18.0 Å². The van der Waals surface area contributed by atoms with Crippen molar-refractivity contribution in [1.82, 2.24) is 14.7 Å². The van der Waals surface area contributed by atoms with Gasteiger partial charge in [-0.05, 0) is 36.2 Å². The molecule has 0 aliphatic carbocycles. The highest BCUT2D eigenvalue weighted by Gasteiger charge is 2.26. The zero-order chi connectivity index (χ0) is 27.7. The Balaban J connectivity index is 1.32. The molecule has 2 amide bonds. The minimum atomic E-state index is -0.330. The van der Waals surface area contributed by atoms with Crippen LogP contribution in [0.3, 0.4) is 0 Å². The second-order valence-electron chi connectivity index (χ2n) is 9.43. The third kappa shape index (κ3) is 6.26. The van der Waals surface area contributed by atoms with Gasteiger partial charge in [-0.15, -0.1) is 0 Å². The van der Waals surface area contributed by atoms with E-state index < -0.39 is 0 Å². The first-order chi connectivity index (χ1) is 19.6. The summed E-state index contributed by atoms with van der Waals surface area (Å²) < 4.78 is 13.3. The van der Waals surface area contributed by atoms with Crippen molar-refractivity contribution in [3.8, 4) is 17.2 Å². The number of hydrogen-bond donors (Lipinski definition) is 1. The van der Waals surface area contributed by atoms with E-state index in [0.717, 1.165) is 12.0 Å². The zero-order valence-electron chi connectivity index (χ0n) is 22.5. The fraction of sp³-hybridized carbons (Fsp3) is 0.258. The minimum Gasteiger partial charge on any atom is -0.491 e. The number of aromatic nitrogens is 2. The molecule has 1 aliphatic rings. The number of benzene rings is 3. The summed E-state index contributed by atoms with van der Waals surface area (Å²) in [6.45, 7) is 4.88. The van der Waals surface area contributed by atoms with Gasteiger partial charge in [-0.3, -0.25) is 4.79 Å². The van der Waals surface area contributed by atoms with Crippen molar-refractivity contribution in [2.24, 2.45) is 0 Å². The molecule has 9 nitrogen and oxygen atoms in total. The number of ether oxygens (including phenoxy) is 2. The van der Waals surface area contributed by atoms with Crippen LogP contribution in [-0.2, 0) is 6.61 Å². The lowest BCUT2D eigenvalue weighted by molar-refractivity contribution is 0.207. The average molecular weight is 540 g/mol. The van der Waals surface area contributed by atoms with Crippen molar-refractivity contribution in [3.05, 3.63) is 107 Å². The van der Waals surface area contributed by atoms with Crippen molar-refractivity contribution in [2.45, 2.75) is 20.0 Å². The van der Waals surface area contributed by atoms with Gasteiger partial charge in [0, 0.05) is 26.2 Å². The number of nitrogens with one attached hydrogen (secondary N) is 1. The SMILES string of the molecule is CCCOc1ccccc1NC(=O)N1CCN(c2cnn(-c3ccccc3)c(=O)c2OCc2ccccc2)CC1. The molecule has 0 spiro atoms. The number of carbonyl (C=O) groups excluding carboxylic acids is 1. The summed E-state index contributed by atoms with van der Waals surface area (Å²) in [6.07, 6.45) is 2.55. The second-order valence-corrected chi connectivity index (χ2v) is 9.43. The van der Waals surface area contributed by atoms with E-state index in [1.165, 1.54) is 4.68 Å². The largest absolute Gasteiger partial charge is 0.491 e. The van der Waals surface area contributed by atoms with E-state index in [-0.39, 0.29) is 23.9 Å². The Hall–Kier alpha value is -4.79. The molecule has 0 radical (unpaired) electrons. The molecule has 0 unspecified atom stereocenters. The predicted octanol–water partition coefficient (Wildman–Crippen LogP) is 4.95. The van der Waals surface area contributed by atoms with E-state index >= 15 is 0 Å². The molecule has 1 saturated heterocycles. The first-order valence-corrected chi connectivity index (χ1v) is 13.5. The lowest BCUT2D eigenvalue weighted by Crippen LogP contribution is -2.50. The van der Waals surface area contributed by atoms with Crippen LogP contribution in [0.4, 0.5) is 16.2 Å². The fourth-order valence-electron chi connectivity index (χ4n) is 4.53. The molecule has 0 saturated carbocycles. The van der Waals surface area contributed by atoms with Crippen molar-refractivity contribution in [1.29, 1.82) is 0 Å². The third-order valence-electron chi connectivity index (χ3n) is 6.64. The van der Waals surface area contributed by atoms with E-state index in [4.69, 9.17) is 9.47 Å². The van der Waals surface area contributed by atoms with Crippen LogP contribution in [0.2, 0.25) is 0 Å². The van der Waals surface area contributed by atoms with Crippen LogP contribution in [0.25, 0.3) is 5.69 Å². The normalized spacial score (nSPS) is 13.1. The fourth-order valence-corrected chi connectivity index (χ4v) is 4.53. The Bertz CT molecular complexity index is 1470. The number of urea groups is 1. The molecule has 3 aromatic carbocycles. The number of nitrogens with zero attached hydrogens (tertiary/aromatic N) is 4. The minimum absolute atomic E-state index is 0.189. The van der Waals surface area contributed by atoms with E-state index in [1.807, 2.05) is 96.8 Å². The van der Waals surface area contributed by atoms with E-state index in [2.05, 4.69) is 10.4 Å². The predicted molar refractivity (Wildman–Crippen MR) is 156 cm³/mol. The van der Waals surface area contributed by atoms with Crippen molar-refractivity contribution < 1.29 is 14.3 Å². The number of para-hydroxylation sites is 3. The van der Waals surface area contributed by atoms with E-state index in [1.54, 1.807) is 11.1 Å². The van der Waals surface area contributed by atoms with Gasteiger partial charge in [-0.25, -0.2) is 4.79 Å². The lowest BCUT2D eigenvalue weighted by atomic mass is 10.2. The number of amides is 2. The van der Waals surface area contributed by atoms with Gasteiger partial charge in [0.2, 0.25) is 5.75 Å². The maximum absolute atomic E-state index is 13.6. The summed E-state index contributed by atoms with van der Waals surface area (Å²) in [6, 6.07) is 26.3. The molecule has 0 bridgehead atoms. The topological polar surface area (TPSA) is 88.9 Å². The highest BCUT2D eigenvalue weighted by Crippen LogP contribution is 2.27. The Morgan fingerprint density at radius 2 is 1.55 bits per heavy atom. The van der Waals surface area contributed by atoms with Crippen LogP contribution in [-0.4, -0.2) is 53.5 Å². The molecule has 9 heteroatoms. The van der Waals surface area contributed by atoms with E-state index in [9.17, 15) is 9.59 Å². The Labute approximate surface area is 233 Å². The van der Waals surface area contributed by atoms with Crippen molar-refractivity contribution in [2.75, 3.05) is 43.0 Å². The third-order valence-corrected chi connectivity index (χ3v) is 6.64. The maximum atomic E-state index is 13.6. The zero-order valence-corrected chi connectivity index (χ0v) is 22.5. The first kappa shape index (κ1) is 26.8. The average Bonchev–Trinajstić information content (AvgIpc) is 3.01. The van der Waals surface area contributed by atoms with Crippen LogP contribution < -0.4 is 25.2 Å². The highest BCUT2D eigenvalue weighted by molar-refractivity contribution is 5.91. The molecule has 1 aromatic heterocycles. The van der Waals surface area contributed by atoms with Gasteiger partial charge in [0.25, 0.3) is 0 Å². The Morgan fingerprint density at radius 3 is 2.27 bits per heavy atom. The molecule has 4 aromatic rings. The first-order valence-electron chi connectivity index (χ1n) is 13.5. The van der Waals surface area contributed by atoms with Gasteiger partial charge in [0.05, 0.1) is 24.2 Å². The smallest absolute Gasteiger partial charge is 0.322 e. The molecule has 1 aliphatic heterocycles. The summed E-state index contributed by atoms with van der Waals surface area (Å²) >= 11 is 0. The quantitative estimate of drug-likeness (QED) is 0.324. The standard InChI is InChI=1S/C31H33N5O4/c1-2-21-39-28-16-10-9-15-26(28)33-31(38)35-19-17-34(18-20-35)27-22-32-36(25-13-7-4-8-14-25)30(37)29(27)40-23-24-11-5-3-6-12-24/h3-16,22H,2,17-21,23H2,1H3,(H,33,38). The summed E-state index contributed by atoms with van der Waals surface area (Å²) in [7, 11) is 0. The number of rotatable bonds is 9. The van der Waals surface area contributed by atoms with E-state index in [0.29, 0.717) is 55.6 Å². The van der Waals surface area contributed by atoms with Crippen LogP contribution in [0, 0.1) is 0 Å². The van der Waals surface area contributed by atoms with Gasteiger partial charge < -0.3 is 24.6 Å². The summed E-state index contributed by atoms with van der Waals surface area (Å²) in [5.74, 6) is 0.893. The maximum Gasteiger partial charge on any atom is 0.322 e. The molecule has 0 atom stereocenters. The number of anilines is 2. The molecular formula is C31H33N5O4. The molecular weight excluding hydrogens is 506 g/mol. The van der Waals surface area contributed by atoms with Crippen molar-refractivity contribution in [3.63, 3.8) is 0 Å². The second kappa shape index (κ2) is 12.8. The van der Waals surface area contributed by atoms with Crippen LogP contribution >= 0.6 is 0 Å². The molecule has 1 fully saturated rings. The number of hydrogen-bond acceptors (Lipinski definition) is 6. The highest BCUT2D eigenvalue weighted by atomic mass is 16.5. The van der Waals surface area contributed by atoms with Crippen LogP contribution in [0.5, 0.6) is 11.5 Å². The van der Waals surface area contributed by atoms with Gasteiger partial charge >= 0.3 is 11.6 Å². The lowest BCUT2D eigenvalue weighted by Gasteiger charge is -2.36. The van der Waals surface area contributed by atoms with Crippen molar-refractivity contribution >= 4 is 17.4 Å². The number of piperazine rings is 1. The molecule has 1 N–H and O–H groups in total. The molecule has 206 valence electrons. The molecule has 2 heterocycles. The van der Waals surface area contributed by atoms with Gasteiger partial charge in [-0.2, -0.15) is 9.78 Å². The van der Waals surface area contributed by atoms with Gasteiger partial charge in [-0.1, -0.05) is 67.6 Å².